The molecule has 0 heterocycles. The fraction of sp³-hybridized carbons (Fsp3) is 1.00. The molecule has 72 valence electrons. The first-order chi connectivity index (χ1) is 5.52. The third-order valence-electron chi connectivity index (χ3n) is 3.60. The first kappa shape index (κ1) is 10.0. The van der Waals surface area contributed by atoms with Gasteiger partial charge in [0.05, 0.1) is 5.60 Å². The lowest BCUT2D eigenvalue weighted by molar-refractivity contribution is -0.129. The van der Waals surface area contributed by atoms with Crippen molar-refractivity contribution in [2.45, 2.75) is 59.0 Å². The molecule has 0 amide bonds. The van der Waals surface area contributed by atoms with Crippen LogP contribution in [0.5, 0.6) is 0 Å². The standard InChI is InChI=1S/C11H22O/c1-5-12-11(4)9-7-6-8-10(11,2)3/h5-9H2,1-4H3. The average Bonchev–Trinajstić information content (AvgIpc) is 1.96. The fourth-order valence-electron chi connectivity index (χ4n) is 2.22. The zero-order chi connectivity index (χ0) is 9.24. The molecule has 1 heteroatoms. The van der Waals surface area contributed by atoms with E-state index in [1.54, 1.807) is 0 Å². The van der Waals surface area contributed by atoms with Crippen molar-refractivity contribution in [1.82, 2.24) is 0 Å². The van der Waals surface area contributed by atoms with Crippen LogP contribution in [0.4, 0.5) is 0 Å². The van der Waals surface area contributed by atoms with E-state index in [-0.39, 0.29) is 5.60 Å². The smallest absolute Gasteiger partial charge is 0.0705 e. The summed E-state index contributed by atoms with van der Waals surface area (Å²) in [5.41, 5.74) is 0.487. The van der Waals surface area contributed by atoms with Gasteiger partial charge in [-0.25, -0.2) is 0 Å². The molecule has 1 nitrogen and oxygen atoms in total. The monoisotopic (exact) mass is 170 g/mol. The predicted molar refractivity (Wildman–Crippen MR) is 52.3 cm³/mol. The van der Waals surface area contributed by atoms with Crippen LogP contribution in [0, 0.1) is 5.41 Å². The minimum Gasteiger partial charge on any atom is -0.375 e. The molecule has 1 aliphatic rings. The Morgan fingerprint density at radius 2 is 1.67 bits per heavy atom. The van der Waals surface area contributed by atoms with E-state index >= 15 is 0 Å². The summed E-state index contributed by atoms with van der Waals surface area (Å²) in [6.45, 7) is 9.88. The molecular formula is C11H22O. The van der Waals surface area contributed by atoms with E-state index in [2.05, 4.69) is 27.7 Å². The summed E-state index contributed by atoms with van der Waals surface area (Å²) in [4.78, 5) is 0. The maximum Gasteiger partial charge on any atom is 0.0705 e. The highest BCUT2D eigenvalue weighted by atomic mass is 16.5. The molecule has 0 saturated heterocycles. The fourth-order valence-corrected chi connectivity index (χ4v) is 2.22. The molecule has 12 heavy (non-hydrogen) atoms. The molecule has 0 bridgehead atoms. The Bertz CT molecular complexity index is 147. The largest absolute Gasteiger partial charge is 0.375 e. The third kappa shape index (κ3) is 1.66. The van der Waals surface area contributed by atoms with Gasteiger partial charge in [0, 0.05) is 6.61 Å². The van der Waals surface area contributed by atoms with Gasteiger partial charge in [0.25, 0.3) is 0 Å². The summed E-state index contributed by atoms with van der Waals surface area (Å²) in [6.07, 6.45) is 5.24. The van der Waals surface area contributed by atoms with Gasteiger partial charge >= 0.3 is 0 Å². The zero-order valence-corrected chi connectivity index (χ0v) is 8.94. The molecule has 1 fully saturated rings. The van der Waals surface area contributed by atoms with Crippen molar-refractivity contribution >= 4 is 0 Å². The van der Waals surface area contributed by atoms with Gasteiger partial charge in [-0.05, 0) is 32.1 Å². The van der Waals surface area contributed by atoms with E-state index in [1.807, 2.05) is 0 Å². The first-order valence-electron chi connectivity index (χ1n) is 5.16. The Kier molecular flexibility index (Phi) is 2.82. The topological polar surface area (TPSA) is 9.23 Å². The van der Waals surface area contributed by atoms with Crippen LogP contribution >= 0.6 is 0 Å². The Morgan fingerprint density at radius 1 is 1.08 bits per heavy atom. The van der Waals surface area contributed by atoms with Gasteiger partial charge in [-0.2, -0.15) is 0 Å². The second-order valence-electron chi connectivity index (χ2n) is 4.75. The molecule has 0 N–H and O–H groups in total. The number of ether oxygens (including phenoxy) is 1. The highest BCUT2D eigenvalue weighted by Gasteiger charge is 2.43. The summed E-state index contributed by atoms with van der Waals surface area (Å²) in [7, 11) is 0. The van der Waals surface area contributed by atoms with E-state index in [0.29, 0.717) is 5.41 Å². The van der Waals surface area contributed by atoms with Crippen LogP contribution in [-0.2, 0) is 4.74 Å². The predicted octanol–water partition coefficient (Wildman–Crippen LogP) is 3.38. The van der Waals surface area contributed by atoms with Crippen LogP contribution in [-0.4, -0.2) is 12.2 Å². The first-order valence-corrected chi connectivity index (χ1v) is 5.16. The molecule has 0 aromatic rings. The van der Waals surface area contributed by atoms with Crippen molar-refractivity contribution < 1.29 is 4.74 Å². The minimum atomic E-state index is 0.125. The van der Waals surface area contributed by atoms with Crippen molar-refractivity contribution in [2.24, 2.45) is 5.41 Å². The van der Waals surface area contributed by atoms with Crippen LogP contribution in [0.15, 0.2) is 0 Å². The van der Waals surface area contributed by atoms with E-state index in [0.717, 1.165) is 6.61 Å². The number of hydrogen-bond acceptors (Lipinski definition) is 1. The maximum absolute atomic E-state index is 5.89. The lowest BCUT2D eigenvalue weighted by Crippen LogP contribution is -2.46. The summed E-state index contributed by atoms with van der Waals surface area (Å²) >= 11 is 0. The summed E-state index contributed by atoms with van der Waals surface area (Å²) in [5, 5.41) is 0. The van der Waals surface area contributed by atoms with E-state index in [4.69, 9.17) is 4.74 Å². The summed E-state index contributed by atoms with van der Waals surface area (Å²) in [6, 6.07) is 0. The number of rotatable bonds is 2. The van der Waals surface area contributed by atoms with Crippen molar-refractivity contribution in [1.29, 1.82) is 0 Å². The van der Waals surface area contributed by atoms with Gasteiger partial charge in [0.15, 0.2) is 0 Å². The maximum atomic E-state index is 5.89. The molecule has 1 rings (SSSR count). The van der Waals surface area contributed by atoms with Crippen molar-refractivity contribution in [2.75, 3.05) is 6.61 Å². The van der Waals surface area contributed by atoms with Crippen LogP contribution in [0.25, 0.3) is 0 Å². The summed E-state index contributed by atoms with van der Waals surface area (Å²) < 4.78 is 5.89. The molecule has 1 unspecified atom stereocenters. The summed E-state index contributed by atoms with van der Waals surface area (Å²) in [5.74, 6) is 0. The normalized spacial score (nSPS) is 35.0. The molecule has 1 saturated carbocycles. The van der Waals surface area contributed by atoms with Gasteiger partial charge in [-0.15, -0.1) is 0 Å². The van der Waals surface area contributed by atoms with E-state index < -0.39 is 0 Å². The molecule has 0 spiro atoms. The van der Waals surface area contributed by atoms with Gasteiger partial charge in [0.2, 0.25) is 0 Å². The Labute approximate surface area is 76.5 Å². The molecule has 1 atom stereocenters. The minimum absolute atomic E-state index is 0.125. The Balaban J connectivity index is 2.69. The molecule has 0 radical (unpaired) electrons. The second kappa shape index (κ2) is 3.37. The van der Waals surface area contributed by atoms with Crippen LogP contribution in [0.1, 0.15) is 53.4 Å². The molecule has 1 aliphatic carbocycles. The highest BCUT2D eigenvalue weighted by molar-refractivity contribution is 4.94. The molecule has 0 aromatic carbocycles. The molecular weight excluding hydrogens is 148 g/mol. The van der Waals surface area contributed by atoms with Gasteiger partial charge in [-0.1, -0.05) is 26.7 Å². The van der Waals surface area contributed by atoms with Crippen LogP contribution < -0.4 is 0 Å². The third-order valence-corrected chi connectivity index (χ3v) is 3.60. The quantitative estimate of drug-likeness (QED) is 0.617. The lowest BCUT2D eigenvalue weighted by atomic mass is 9.66. The lowest BCUT2D eigenvalue weighted by Gasteiger charge is -2.47. The van der Waals surface area contributed by atoms with Crippen LogP contribution in [0.3, 0.4) is 0 Å². The average molecular weight is 170 g/mol. The van der Waals surface area contributed by atoms with Gasteiger partial charge < -0.3 is 4.74 Å². The van der Waals surface area contributed by atoms with E-state index in [9.17, 15) is 0 Å². The molecule has 0 aromatic heterocycles. The van der Waals surface area contributed by atoms with Crippen molar-refractivity contribution in [3.63, 3.8) is 0 Å². The zero-order valence-electron chi connectivity index (χ0n) is 8.94. The second-order valence-corrected chi connectivity index (χ2v) is 4.75. The SMILES string of the molecule is CCOC1(C)CCCCC1(C)C. The van der Waals surface area contributed by atoms with Crippen molar-refractivity contribution in [3.05, 3.63) is 0 Å². The Morgan fingerprint density at radius 3 is 2.17 bits per heavy atom. The van der Waals surface area contributed by atoms with E-state index in [1.165, 1.54) is 25.7 Å². The van der Waals surface area contributed by atoms with Crippen LogP contribution in [0.2, 0.25) is 0 Å². The van der Waals surface area contributed by atoms with Crippen molar-refractivity contribution in [3.8, 4) is 0 Å². The molecule has 0 aliphatic heterocycles. The number of hydrogen-bond donors (Lipinski definition) is 0. The van der Waals surface area contributed by atoms with Gasteiger partial charge in [0.1, 0.15) is 0 Å². The highest BCUT2D eigenvalue weighted by Crippen LogP contribution is 2.45. The van der Waals surface area contributed by atoms with Gasteiger partial charge in [-0.3, -0.25) is 0 Å². The Hall–Kier alpha value is -0.0400.